The van der Waals surface area contributed by atoms with Gasteiger partial charge in [-0.15, -0.1) is 0 Å². The number of benzene rings is 2. The summed E-state index contributed by atoms with van der Waals surface area (Å²) in [6, 6.07) is 21.1. The molecule has 2 aliphatic heterocycles. The van der Waals surface area contributed by atoms with E-state index in [4.69, 9.17) is 30.5 Å². The van der Waals surface area contributed by atoms with Crippen molar-refractivity contribution in [2.24, 2.45) is 0 Å². The maximum atomic E-state index is 13.4. The third-order valence-corrected chi connectivity index (χ3v) is 7.71. The molecule has 2 aromatic carbocycles. The molecular formula is C28H31ClN4O4Si. The number of anilines is 2. The van der Waals surface area contributed by atoms with Gasteiger partial charge in [-0.05, 0) is 16.2 Å². The van der Waals surface area contributed by atoms with E-state index < -0.39 is 17.7 Å². The van der Waals surface area contributed by atoms with E-state index in [-0.39, 0.29) is 26.6 Å². The number of amides is 1. The molecule has 2 radical (unpaired) electrons. The van der Waals surface area contributed by atoms with Gasteiger partial charge in [-0.1, -0.05) is 93.0 Å². The predicted molar refractivity (Wildman–Crippen MR) is 148 cm³/mol. The second kappa shape index (κ2) is 11.0. The number of nitrogens with zero attached hydrogens (tertiary/aromatic N) is 4. The van der Waals surface area contributed by atoms with E-state index in [0.29, 0.717) is 38.1 Å². The largest absolute Gasteiger partial charge is 0.447 e. The number of morpholine rings is 1. The fourth-order valence-corrected chi connectivity index (χ4v) is 5.75. The first-order valence-corrected chi connectivity index (χ1v) is 14.0. The van der Waals surface area contributed by atoms with Gasteiger partial charge < -0.3 is 18.8 Å². The lowest BCUT2D eigenvalue weighted by Gasteiger charge is -2.43. The van der Waals surface area contributed by atoms with Crippen LogP contribution in [0, 0.1) is 0 Å². The van der Waals surface area contributed by atoms with Crippen molar-refractivity contribution >= 4 is 39.2 Å². The predicted octanol–water partition coefficient (Wildman–Crippen LogP) is 5.09. The lowest BCUT2D eigenvalue weighted by molar-refractivity contribution is 0.0717. The number of cyclic esters (lactones) is 1. The van der Waals surface area contributed by atoms with Gasteiger partial charge in [0.15, 0.2) is 0 Å². The average molecular weight is 551 g/mol. The Balaban J connectivity index is 1.67. The third-order valence-electron chi connectivity index (χ3n) is 6.48. The van der Waals surface area contributed by atoms with Crippen molar-refractivity contribution < 1.29 is 18.7 Å². The molecule has 0 saturated carbocycles. The molecule has 5 rings (SSSR count). The van der Waals surface area contributed by atoms with E-state index in [1.807, 2.05) is 65.6 Å². The molecule has 0 N–H and O–H groups in total. The summed E-state index contributed by atoms with van der Waals surface area (Å²) in [5.41, 5.74) is 0.811. The van der Waals surface area contributed by atoms with Gasteiger partial charge >= 0.3 is 6.09 Å². The molecule has 2 saturated heterocycles. The fraction of sp³-hybridized carbons (Fsp3) is 0.393. The highest BCUT2D eigenvalue weighted by molar-refractivity contribution is 6.32. The normalized spacial score (nSPS) is 18.5. The number of ether oxygens (including phenoxy) is 2. The molecule has 2 fully saturated rings. The minimum Gasteiger partial charge on any atom is -0.447 e. The van der Waals surface area contributed by atoms with Gasteiger partial charge in [0.05, 0.1) is 13.2 Å². The Hall–Kier alpha value is -2.98. The number of carbonyl (C=O) groups is 1. The van der Waals surface area contributed by atoms with Gasteiger partial charge in [0, 0.05) is 19.2 Å². The molecule has 0 spiro atoms. The van der Waals surface area contributed by atoms with Gasteiger partial charge in [0.2, 0.25) is 15.7 Å². The summed E-state index contributed by atoms with van der Waals surface area (Å²) >= 11 is 6.49. The molecule has 198 valence electrons. The average Bonchev–Trinajstić information content (AvgIpc) is 3.31. The standard InChI is InChI=1S/C28H31ClN4O4Si/c1-27(2,3)38-37-28(20-10-6-4-7-11-20,21-12-8-5-9-13-21)22-19-36-26(34)33(22)24-18-23(29)30-25(31-24)32-14-16-35-17-15-32/h4-13,18,22H,14-17,19H2,1-3H3/t22-/m1/s1. The number of aromatic nitrogens is 2. The molecule has 8 nitrogen and oxygen atoms in total. The van der Waals surface area contributed by atoms with Gasteiger partial charge in [0.1, 0.15) is 29.2 Å². The first-order valence-electron chi connectivity index (χ1n) is 12.7. The number of carbonyl (C=O) groups excluding carboxylic acids is 1. The monoisotopic (exact) mass is 550 g/mol. The summed E-state index contributed by atoms with van der Waals surface area (Å²) in [6.45, 7) is 8.96. The minimum atomic E-state index is -1.03. The van der Waals surface area contributed by atoms with Crippen molar-refractivity contribution in [2.75, 3.05) is 42.7 Å². The van der Waals surface area contributed by atoms with Crippen LogP contribution in [-0.4, -0.2) is 64.8 Å². The number of halogens is 1. The van der Waals surface area contributed by atoms with Crippen molar-refractivity contribution in [3.8, 4) is 0 Å². The molecule has 0 bridgehead atoms. The second-order valence-corrected chi connectivity index (χ2v) is 12.6. The number of hydrogen-bond donors (Lipinski definition) is 0. The highest BCUT2D eigenvalue weighted by Crippen LogP contribution is 2.44. The summed E-state index contributed by atoms with van der Waals surface area (Å²) in [7, 11) is 0.134. The van der Waals surface area contributed by atoms with E-state index >= 15 is 0 Å². The van der Waals surface area contributed by atoms with Gasteiger partial charge in [0.25, 0.3) is 0 Å². The lowest BCUT2D eigenvalue weighted by atomic mass is 9.80. The molecule has 3 aromatic rings. The van der Waals surface area contributed by atoms with Crippen molar-refractivity contribution in [1.82, 2.24) is 9.97 Å². The number of hydrogen-bond acceptors (Lipinski definition) is 7. The summed E-state index contributed by atoms with van der Waals surface area (Å²) < 4.78 is 18.2. The van der Waals surface area contributed by atoms with Crippen molar-refractivity contribution in [3.05, 3.63) is 83.0 Å². The van der Waals surface area contributed by atoms with Gasteiger partial charge in [-0.2, -0.15) is 4.98 Å². The summed E-state index contributed by atoms with van der Waals surface area (Å²) in [4.78, 5) is 26.2. The topological polar surface area (TPSA) is 77.0 Å². The van der Waals surface area contributed by atoms with Crippen LogP contribution in [0.2, 0.25) is 10.2 Å². The van der Waals surface area contributed by atoms with Crippen LogP contribution in [0.4, 0.5) is 16.6 Å². The van der Waals surface area contributed by atoms with E-state index in [1.54, 1.807) is 11.0 Å². The molecule has 38 heavy (non-hydrogen) atoms. The van der Waals surface area contributed by atoms with Crippen LogP contribution in [-0.2, 0) is 19.5 Å². The quantitative estimate of drug-likeness (QED) is 0.299. The van der Waals surface area contributed by atoms with Crippen LogP contribution in [0.25, 0.3) is 0 Å². The smallest absolute Gasteiger partial charge is 0.416 e. The molecule has 0 unspecified atom stereocenters. The lowest BCUT2D eigenvalue weighted by Crippen LogP contribution is -2.54. The fourth-order valence-electron chi connectivity index (χ4n) is 4.74. The van der Waals surface area contributed by atoms with Crippen molar-refractivity contribution in [3.63, 3.8) is 0 Å². The summed E-state index contributed by atoms with van der Waals surface area (Å²) in [6.07, 6.45) is -0.503. The first-order chi connectivity index (χ1) is 18.3. The van der Waals surface area contributed by atoms with Crippen LogP contribution >= 0.6 is 11.6 Å². The Morgan fingerprint density at radius 2 is 1.58 bits per heavy atom. The van der Waals surface area contributed by atoms with E-state index in [2.05, 4.69) is 25.8 Å². The molecule has 1 atom stereocenters. The van der Waals surface area contributed by atoms with Crippen LogP contribution in [0.15, 0.2) is 66.7 Å². The van der Waals surface area contributed by atoms with Crippen LogP contribution in [0.3, 0.4) is 0 Å². The Kier molecular flexibility index (Phi) is 7.72. The van der Waals surface area contributed by atoms with Gasteiger partial charge in [-0.25, -0.2) is 9.78 Å². The molecule has 1 aromatic heterocycles. The molecule has 0 aliphatic carbocycles. The molecular weight excluding hydrogens is 520 g/mol. The van der Waals surface area contributed by atoms with Crippen LogP contribution in [0.1, 0.15) is 31.9 Å². The summed E-state index contributed by atoms with van der Waals surface area (Å²) in [5, 5.41) is 0.141. The zero-order valence-corrected chi connectivity index (χ0v) is 23.5. The Labute approximate surface area is 230 Å². The molecule has 1 amide bonds. The van der Waals surface area contributed by atoms with Crippen LogP contribution < -0.4 is 9.80 Å². The van der Waals surface area contributed by atoms with Crippen molar-refractivity contribution in [2.45, 2.75) is 37.5 Å². The highest BCUT2D eigenvalue weighted by atomic mass is 35.5. The summed E-state index contributed by atoms with van der Waals surface area (Å²) in [5.74, 6) is 0.828. The Morgan fingerprint density at radius 3 is 2.16 bits per heavy atom. The van der Waals surface area contributed by atoms with E-state index in [0.717, 1.165) is 11.1 Å². The maximum absolute atomic E-state index is 13.4. The number of rotatable bonds is 7. The first kappa shape index (κ1) is 26.6. The molecule has 2 aliphatic rings. The second-order valence-electron chi connectivity index (χ2n) is 10.3. The van der Waals surface area contributed by atoms with E-state index in [9.17, 15) is 4.79 Å². The van der Waals surface area contributed by atoms with E-state index in [1.165, 1.54) is 0 Å². The van der Waals surface area contributed by atoms with Gasteiger partial charge in [-0.3, -0.25) is 4.90 Å². The Morgan fingerprint density at radius 1 is 0.974 bits per heavy atom. The zero-order valence-electron chi connectivity index (χ0n) is 21.8. The maximum Gasteiger partial charge on any atom is 0.416 e. The van der Waals surface area contributed by atoms with Crippen LogP contribution in [0.5, 0.6) is 0 Å². The minimum absolute atomic E-state index is 0.106. The molecule has 10 heteroatoms. The SMILES string of the molecule is CC(C)(C)[Si]OC(c1ccccc1)(c1ccccc1)[C@H]1COC(=O)N1c1cc(Cl)nc(N2CCOCC2)n1. The third kappa shape index (κ3) is 5.42. The van der Waals surface area contributed by atoms with Crippen molar-refractivity contribution in [1.29, 1.82) is 0 Å². The molecule has 3 heterocycles. The zero-order chi connectivity index (χ0) is 26.8. The Bertz CT molecular complexity index is 1210. The highest BCUT2D eigenvalue weighted by Gasteiger charge is 2.53.